The number of rotatable bonds is 8. The SMILES string of the molecule is CCOC(=O)c1cnn(C2CCCN(c3cc(Cl)ccc3-c3ccc(N4CCN(CC5(F)CCC5)CC4)cc3)C2)c1C(F)(F)F. The third-order valence-electron chi connectivity index (χ3n) is 9.27. The number of carbonyl (C=O) groups excluding carboxylic acids is 1. The van der Waals surface area contributed by atoms with Gasteiger partial charge in [-0.15, -0.1) is 0 Å². The van der Waals surface area contributed by atoms with Crippen LogP contribution in [0.15, 0.2) is 48.7 Å². The van der Waals surface area contributed by atoms with Gasteiger partial charge in [-0.2, -0.15) is 18.3 Å². The van der Waals surface area contributed by atoms with E-state index < -0.39 is 35.1 Å². The Morgan fingerprint density at radius 2 is 1.76 bits per heavy atom. The minimum atomic E-state index is -4.78. The molecule has 12 heteroatoms. The Morgan fingerprint density at radius 1 is 1.02 bits per heavy atom. The van der Waals surface area contributed by atoms with E-state index in [1.54, 1.807) is 6.92 Å². The van der Waals surface area contributed by atoms with Gasteiger partial charge in [-0.05, 0) is 68.9 Å². The van der Waals surface area contributed by atoms with Crippen molar-refractivity contribution < 1.29 is 27.1 Å². The van der Waals surface area contributed by atoms with Gasteiger partial charge in [-0.1, -0.05) is 29.8 Å². The number of hydrogen-bond donors (Lipinski definition) is 0. The highest BCUT2D eigenvalue weighted by Gasteiger charge is 2.43. The zero-order chi connectivity index (χ0) is 31.8. The number of ether oxygens (including phenoxy) is 1. The van der Waals surface area contributed by atoms with Gasteiger partial charge >= 0.3 is 12.1 Å². The first-order valence-corrected chi connectivity index (χ1v) is 16.1. The largest absolute Gasteiger partial charge is 0.462 e. The summed E-state index contributed by atoms with van der Waals surface area (Å²) in [4.78, 5) is 18.9. The average molecular weight is 648 g/mol. The predicted octanol–water partition coefficient (Wildman–Crippen LogP) is 7.25. The third kappa shape index (κ3) is 6.79. The van der Waals surface area contributed by atoms with Gasteiger partial charge in [0.15, 0.2) is 5.69 Å². The molecule has 7 nitrogen and oxygen atoms in total. The molecule has 2 aromatic carbocycles. The summed E-state index contributed by atoms with van der Waals surface area (Å²) in [5, 5.41) is 4.57. The van der Waals surface area contributed by atoms with Crippen molar-refractivity contribution >= 4 is 28.9 Å². The van der Waals surface area contributed by atoms with E-state index in [1.165, 1.54) is 0 Å². The second kappa shape index (κ2) is 12.8. The molecule has 1 aromatic heterocycles. The summed E-state index contributed by atoms with van der Waals surface area (Å²) in [6, 6.07) is 13.3. The number of piperidine rings is 1. The first-order chi connectivity index (χ1) is 21.5. The van der Waals surface area contributed by atoms with Crippen molar-refractivity contribution in [3.05, 3.63) is 64.9 Å². The molecule has 0 amide bonds. The molecule has 45 heavy (non-hydrogen) atoms. The van der Waals surface area contributed by atoms with E-state index in [2.05, 4.69) is 39.2 Å². The highest BCUT2D eigenvalue weighted by atomic mass is 35.5. The van der Waals surface area contributed by atoms with Crippen LogP contribution in [0.1, 0.15) is 61.1 Å². The number of carbonyl (C=O) groups is 1. The van der Waals surface area contributed by atoms with Crippen LogP contribution in [0.4, 0.5) is 28.9 Å². The normalized spacial score (nSPS) is 20.6. The molecule has 1 aliphatic carbocycles. The number of piperazine rings is 1. The van der Waals surface area contributed by atoms with Crippen molar-refractivity contribution in [2.75, 3.05) is 62.2 Å². The number of aromatic nitrogens is 2. The lowest BCUT2D eigenvalue weighted by molar-refractivity contribution is -0.145. The Bertz CT molecular complexity index is 1500. The molecule has 1 saturated carbocycles. The van der Waals surface area contributed by atoms with E-state index in [9.17, 15) is 22.4 Å². The maximum atomic E-state index is 14.6. The van der Waals surface area contributed by atoms with Gasteiger partial charge < -0.3 is 14.5 Å². The molecule has 0 spiro atoms. The van der Waals surface area contributed by atoms with E-state index in [0.29, 0.717) is 43.8 Å². The lowest BCUT2D eigenvalue weighted by atomic mass is 9.81. The summed E-state index contributed by atoms with van der Waals surface area (Å²) < 4.78 is 63.0. The zero-order valence-electron chi connectivity index (χ0n) is 25.3. The minimum absolute atomic E-state index is 0.0330. The quantitative estimate of drug-likeness (QED) is 0.190. The summed E-state index contributed by atoms with van der Waals surface area (Å²) in [6.45, 7) is 6.28. The fraction of sp³-hybridized carbons (Fsp3) is 0.515. The maximum absolute atomic E-state index is 14.6. The van der Waals surface area contributed by atoms with Gasteiger partial charge in [-0.25, -0.2) is 9.18 Å². The lowest BCUT2D eigenvalue weighted by Gasteiger charge is -2.42. The van der Waals surface area contributed by atoms with Crippen LogP contribution in [0.2, 0.25) is 5.02 Å². The molecule has 0 radical (unpaired) electrons. The van der Waals surface area contributed by atoms with Crippen LogP contribution in [0, 0.1) is 0 Å². The van der Waals surface area contributed by atoms with Crippen LogP contribution in [0.25, 0.3) is 11.1 Å². The molecular weight excluding hydrogens is 610 g/mol. The van der Waals surface area contributed by atoms with Gasteiger partial charge in [0.25, 0.3) is 0 Å². The van der Waals surface area contributed by atoms with Gasteiger partial charge in [0.1, 0.15) is 11.2 Å². The molecule has 1 atom stereocenters. The molecule has 3 heterocycles. The summed E-state index contributed by atoms with van der Waals surface area (Å²) in [5.41, 5.74) is 1.17. The van der Waals surface area contributed by atoms with Gasteiger partial charge in [0.05, 0.1) is 18.8 Å². The highest BCUT2D eigenvalue weighted by Crippen LogP contribution is 2.40. The first kappa shape index (κ1) is 31.7. The number of nitrogens with zero attached hydrogens (tertiary/aromatic N) is 5. The van der Waals surface area contributed by atoms with Crippen molar-refractivity contribution in [2.45, 2.75) is 56.9 Å². The van der Waals surface area contributed by atoms with E-state index in [0.717, 1.165) is 66.0 Å². The Morgan fingerprint density at radius 3 is 2.40 bits per heavy atom. The van der Waals surface area contributed by atoms with Crippen molar-refractivity contribution in [1.82, 2.24) is 14.7 Å². The topological polar surface area (TPSA) is 53.8 Å². The third-order valence-corrected chi connectivity index (χ3v) is 9.51. The van der Waals surface area contributed by atoms with Gasteiger partial charge in [0.2, 0.25) is 0 Å². The van der Waals surface area contributed by atoms with E-state index in [1.807, 2.05) is 23.1 Å². The Balaban J connectivity index is 1.19. The number of alkyl halides is 4. The van der Waals surface area contributed by atoms with Crippen molar-refractivity contribution in [3.8, 4) is 11.1 Å². The number of esters is 1. The fourth-order valence-electron chi connectivity index (χ4n) is 6.80. The van der Waals surface area contributed by atoms with Crippen LogP contribution in [0.3, 0.4) is 0 Å². The van der Waals surface area contributed by atoms with E-state index >= 15 is 0 Å². The second-order valence-corrected chi connectivity index (χ2v) is 12.7. The first-order valence-electron chi connectivity index (χ1n) is 15.7. The van der Waals surface area contributed by atoms with Crippen molar-refractivity contribution in [2.24, 2.45) is 0 Å². The van der Waals surface area contributed by atoms with Crippen LogP contribution in [-0.2, 0) is 10.9 Å². The summed E-state index contributed by atoms with van der Waals surface area (Å²) in [6.07, 6.45) is -0.371. The van der Waals surface area contributed by atoms with E-state index in [4.69, 9.17) is 16.3 Å². The second-order valence-electron chi connectivity index (χ2n) is 12.3. The molecule has 3 fully saturated rings. The maximum Gasteiger partial charge on any atom is 0.433 e. The van der Waals surface area contributed by atoms with Crippen molar-refractivity contribution in [1.29, 1.82) is 0 Å². The lowest BCUT2D eigenvalue weighted by Crippen LogP contribution is -2.52. The van der Waals surface area contributed by atoms with Gasteiger partial charge in [-0.3, -0.25) is 9.58 Å². The molecule has 6 rings (SSSR count). The molecular formula is C33H38ClF4N5O2. The Hall–Kier alpha value is -3.31. The number of halogens is 5. The Kier molecular flexibility index (Phi) is 9.03. The van der Waals surface area contributed by atoms with Crippen LogP contribution in [0.5, 0.6) is 0 Å². The number of anilines is 2. The minimum Gasteiger partial charge on any atom is -0.462 e. The highest BCUT2D eigenvalue weighted by molar-refractivity contribution is 6.31. The van der Waals surface area contributed by atoms with Crippen LogP contribution < -0.4 is 9.80 Å². The molecule has 242 valence electrons. The monoisotopic (exact) mass is 647 g/mol. The van der Waals surface area contributed by atoms with Crippen LogP contribution in [-0.4, -0.2) is 78.7 Å². The summed E-state index contributed by atoms with van der Waals surface area (Å²) in [5.74, 6) is -1.03. The van der Waals surface area contributed by atoms with Crippen molar-refractivity contribution in [3.63, 3.8) is 0 Å². The molecule has 2 aliphatic heterocycles. The molecule has 3 aliphatic rings. The molecule has 2 saturated heterocycles. The number of hydrogen-bond acceptors (Lipinski definition) is 6. The van der Waals surface area contributed by atoms with Crippen LogP contribution >= 0.6 is 11.6 Å². The zero-order valence-corrected chi connectivity index (χ0v) is 26.1. The molecule has 0 bridgehead atoms. The fourth-order valence-corrected chi connectivity index (χ4v) is 6.97. The standard InChI is InChI=1S/C33H38ClF4N5O2/c1-2-45-31(44)28-20-39-43(30(28)33(36,37)38)26-5-3-14-42(21-26)29-19-24(34)8-11-27(29)23-6-9-25(10-7-23)41-17-15-40(16-18-41)22-32(35)12-4-13-32/h6-11,19-20,26H,2-5,12-18,21-22H2,1H3. The van der Waals surface area contributed by atoms with E-state index in [-0.39, 0.29) is 13.2 Å². The summed E-state index contributed by atoms with van der Waals surface area (Å²) in [7, 11) is 0. The number of benzene rings is 2. The van der Waals surface area contributed by atoms with Gasteiger partial charge in [0, 0.05) is 67.8 Å². The Labute approximate surface area is 265 Å². The average Bonchev–Trinajstić information content (AvgIpc) is 3.48. The molecule has 0 N–H and O–H groups in total. The predicted molar refractivity (Wildman–Crippen MR) is 167 cm³/mol. The smallest absolute Gasteiger partial charge is 0.433 e. The summed E-state index contributed by atoms with van der Waals surface area (Å²) >= 11 is 6.44. The molecule has 3 aromatic rings. The molecule has 1 unspecified atom stereocenters.